The Bertz CT molecular complexity index is 342. The number of hydrogen-bond acceptors (Lipinski definition) is 1. The van der Waals surface area contributed by atoms with Gasteiger partial charge in [0.25, 0.3) is 0 Å². The van der Waals surface area contributed by atoms with Crippen molar-refractivity contribution in [3.8, 4) is 0 Å². The fourth-order valence-electron chi connectivity index (χ4n) is 1.19. The summed E-state index contributed by atoms with van der Waals surface area (Å²) in [5.74, 6) is 0.471. The SMILES string of the molecule is CC(C)C(CBr)CSc1ccc(F)c(F)c1. The molecule has 1 aromatic carbocycles. The third-order valence-corrected chi connectivity index (χ3v) is 4.51. The highest BCUT2D eigenvalue weighted by atomic mass is 79.9. The highest BCUT2D eigenvalue weighted by molar-refractivity contribution is 9.09. The molecule has 0 saturated heterocycles. The summed E-state index contributed by atoms with van der Waals surface area (Å²) >= 11 is 5.04. The summed E-state index contributed by atoms with van der Waals surface area (Å²) in [5, 5.41) is 0.932. The van der Waals surface area contributed by atoms with Gasteiger partial charge in [0.05, 0.1) is 0 Å². The Morgan fingerprint density at radius 1 is 1.25 bits per heavy atom. The van der Waals surface area contributed by atoms with Crippen LogP contribution in [0, 0.1) is 23.5 Å². The summed E-state index contributed by atoms with van der Waals surface area (Å²) in [6.45, 7) is 4.33. The quantitative estimate of drug-likeness (QED) is 0.560. The van der Waals surface area contributed by atoms with E-state index in [1.54, 1.807) is 17.8 Å². The van der Waals surface area contributed by atoms with Gasteiger partial charge in [0.15, 0.2) is 11.6 Å². The minimum absolute atomic E-state index is 0.540. The van der Waals surface area contributed by atoms with Crippen molar-refractivity contribution in [1.29, 1.82) is 0 Å². The average molecular weight is 309 g/mol. The first-order valence-electron chi connectivity index (χ1n) is 5.18. The van der Waals surface area contributed by atoms with Gasteiger partial charge in [0.2, 0.25) is 0 Å². The smallest absolute Gasteiger partial charge is 0.159 e. The van der Waals surface area contributed by atoms with Gasteiger partial charge < -0.3 is 0 Å². The van der Waals surface area contributed by atoms with Crippen LogP contribution in [0.4, 0.5) is 8.78 Å². The summed E-state index contributed by atoms with van der Waals surface area (Å²) < 4.78 is 25.6. The van der Waals surface area contributed by atoms with Crippen LogP contribution in [-0.4, -0.2) is 11.1 Å². The predicted octanol–water partition coefficient (Wildman–Crippen LogP) is 4.72. The molecule has 16 heavy (non-hydrogen) atoms. The van der Waals surface area contributed by atoms with Gasteiger partial charge in [0, 0.05) is 16.0 Å². The van der Waals surface area contributed by atoms with Crippen LogP contribution in [0.2, 0.25) is 0 Å². The zero-order valence-electron chi connectivity index (χ0n) is 9.34. The molecule has 0 saturated carbocycles. The Hall–Kier alpha value is -0.0900. The minimum Gasteiger partial charge on any atom is -0.204 e. The molecule has 90 valence electrons. The van der Waals surface area contributed by atoms with Crippen LogP contribution in [0.1, 0.15) is 13.8 Å². The molecule has 1 atom stereocenters. The minimum atomic E-state index is -0.787. The van der Waals surface area contributed by atoms with Gasteiger partial charge in [-0.1, -0.05) is 29.8 Å². The summed E-state index contributed by atoms with van der Waals surface area (Å²) in [7, 11) is 0. The van der Waals surface area contributed by atoms with Crippen LogP contribution in [0.15, 0.2) is 23.1 Å². The molecule has 0 aliphatic carbocycles. The van der Waals surface area contributed by atoms with Crippen LogP contribution in [0.25, 0.3) is 0 Å². The van der Waals surface area contributed by atoms with E-state index in [1.165, 1.54) is 12.1 Å². The van der Waals surface area contributed by atoms with Crippen molar-refractivity contribution in [2.45, 2.75) is 18.7 Å². The van der Waals surface area contributed by atoms with Gasteiger partial charge in [-0.3, -0.25) is 0 Å². The van der Waals surface area contributed by atoms with E-state index in [0.717, 1.165) is 16.0 Å². The highest BCUT2D eigenvalue weighted by Gasteiger charge is 2.12. The van der Waals surface area contributed by atoms with Crippen molar-refractivity contribution < 1.29 is 8.78 Å². The molecule has 1 aromatic rings. The molecule has 0 bridgehead atoms. The first kappa shape index (κ1) is 14.0. The van der Waals surface area contributed by atoms with Crippen LogP contribution in [0.3, 0.4) is 0 Å². The highest BCUT2D eigenvalue weighted by Crippen LogP contribution is 2.26. The molecule has 1 unspecified atom stereocenters. The molecule has 0 heterocycles. The van der Waals surface area contributed by atoms with Crippen LogP contribution >= 0.6 is 27.7 Å². The zero-order chi connectivity index (χ0) is 12.1. The number of alkyl halides is 1. The molecule has 0 amide bonds. The lowest BCUT2D eigenvalue weighted by atomic mass is 10.0. The third-order valence-electron chi connectivity index (χ3n) is 2.50. The maximum Gasteiger partial charge on any atom is 0.159 e. The Labute approximate surface area is 108 Å². The van der Waals surface area contributed by atoms with E-state index in [1.807, 2.05) is 0 Å². The first-order valence-corrected chi connectivity index (χ1v) is 7.29. The van der Waals surface area contributed by atoms with Gasteiger partial charge >= 0.3 is 0 Å². The topological polar surface area (TPSA) is 0 Å². The van der Waals surface area contributed by atoms with Gasteiger partial charge in [-0.05, 0) is 30.0 Å². The average Bonchev–Trinajstić information content (AvgIpc) is 2.23. The largest absolute Gasteiger partial charge is 0.204 e. The van der Waals surface area contributed by atoms with E-state index in [0.29, 0.717) is 11.8 Å². The Balaban J connectivity index is 2.57. The van der Waals surface area contributed by atoms with Crippen LogP contribution < -0.4 is 0 Å². The molecule has 0 nitrogen and oxygen atoms in total. The normalized spacial score (nSPS) is 13.1. The lowest BCUT2D eigenvalue weighted by Crippen LogP contribution is -2.12. The lowest BCUT2D eigenvalue weighted by molar-refractivity contribution is 0.474. The van der Waals surface area contributed by atoms with E-state index in [-0.39, 0.29) is 0 Å². The van der Waals surface area contributed by atoms with Gasteiger partial charge in [0.1, 0.15) is 0 Å². The fourth-order valence-corrected chi connectivity index (χ4v) is 3.73. The summed E-state index contributed by atoms with van der Waals surface area (Å²) in [6, 6.07) is 4.05. The molecule has 0 fully saturated rings. The number of benzene rings is 1. The van der Waals surface area contributed by atoms with Gasteiger partial charge in [-0.25, -0.2) is 8.78 Å². The Morgan fingerprint density at radius 3 is 2.44 bits per heavy atom. The maximum atomic E-state index is 12.9. The van der Waals surface area contributed by atoms with Crippen molar-refractivity contribution in [3.05, 3.63) is 29.8 Å². The lowest BCUT2D eigenvalue weighted by Gasteiger charge is -2.17. The molecular weight excluding hydrogens is 294 g/mol. The molecule has 4 heteroatoms. The van der Waals surface area contributed by atoms with E-state index in [4.69, 9.17) is 0 Å². The number of rotatable bonds is 5. The molecule has 1 rings (SSSR count). The van der Waals surface area contributed by atoms with E-state index < -0.39 is 11.6 Å². The second-order valence-corrected chi connectivity index (χ2v) is 5.79. The summed E-state index contributed by atoms with van der Waals surface area (Å²) in [6.07, 6.45) is 0. The number of thioether (sulfide) groups is 1. The van der Waals surface area contributed by atoms with Crippen LogP contribution in [-0.2, 0) is 0 Å². The molecular formula is C12H15BrF2S. The zero-order valence-corrected chi connectivity index (χ0v) is 11.7. The Morgan fingerprint density at radius 2 is 1.94 bits per heavy atom. The Kier molecular flexibility index (Phi) is 5.76. The molecule has 0 aliphatic heterocycles. The van der Waals surface area contributed by atoms with Crippen molar-refractivity contribution in [2.75, 3.05) is 11.1 Å². The van der Waals surface area contributed by atoms with Crippen molar-refractivity contribution in [3.63, 3.8) is 0 Å². The molecule has 0 aromatic heterocycles. The van der Waals surface area contributed by atoms with Gasteiger partial charge in [-0.15, -0.1) is 11.8 Å². The van der Waals surface area contributed by atoms with Crippen molar-refractivity contribution in [1.82, 2.24) is 0 Å². The fraction of sp³-hybridized carbons (Fsp3) is 0.500. The van der Waals surface area contributed by atoms with E-state index in [9.17, 15) is 8.78 Å². The van der Waals surface area contributed by atoms with Crippen molar-refractivity contribution >= 4 is 27.7 Å². The summed E-state index contributed by atoms with van der Waals surface area (Å²) in [5.41, 5.74) is 0. The third kappa shape index (κ3) is 4.06. The predicted molar refractivity (Wildman–Crippen MR) is 69.2 cm³/mol. The summed E-state index contributed by atoms with van der Waals surface area (Å²) in [4.78, 5) is 0.783. The van der Waals surface area contributed by atoms with E-state index in [2.05, 4.69) is 29.8 Å². The number of halogens is 3. The van der Waals surface area contributed by atoms with Gasteiger partial charge in [-0.2, -0.15) is 0 Å². The second-order valence-electron chi connectivity index (χ2n) is 4.05. The maximum absolute atomic E-state index is 12.9. The van der Waals surface area contributed by atoms with E-state index >= 15 is 0 Å². The van der Waals surface area contributed by atoms with Crippen molar-refractivity contribution in [2.24, 2.45) is 11.8 Å². The molecule has 0 radical (unpaired) electrons. The van der Waals surface area contributed by atoms with Crippen LogP contribution in [0.5, 0.6) is 0 Å². The molecule has 0 N–H and O–H groups in total. The standard InChI is InChI=1S/C12H15BrF2S/c1-8(2)9(6-13)7-16-10-3-4-11(14)12(15)5-10/h3-5,8-9H,6-7H2,1-2H3. The monoisotopic (exact) mass is 308 g/mol. The second kappa shape index (κ2) is 6.60. The molecule has 0 aliphatic rings. The first-order chi connectivity index (χ1) is 7.54. The molecule has 0 spiro atoms. The number of hydrogen-bond donors (Lipinski definition) is 0.